The average Bonchev–Trinajstić information content (AvgIpc) is 3.06. The van der Waals surface area contributed by atoms with Gasteiger partial charge in [-0.05, 0) is 51.4 Å². The average molecular weight is 645 g/mol. The van der Waals surface area contributed by atoms with Gasteiger partial charge < -0.3 is 14.6 Å². The first-order chi connectivity index (χ1) is 22.6. The molecule has 1 unspecified atom stereocenters. The van der Waals surface area contributed by atoms with E-state index in [4.69, 9.17) is 9.47 Å². The molecule has 0 saturated carbocycles. The summed E-state index contributed by atoms with van der Waals surface area (Å²) in [4.78, 5) is 24.1. The molecule has 0 aromatic heterocycles. The van der Waals surface area contributed by atoms with Crippen LogP contribution in [0.25, 0.3) is 0 Å². The van der Waals surface area contributed by atoms with Crippen molar-refractivity contribution in [2.45, 2.75) is 187 Å². The maximum Gasteiger partial charge on any atom is 0.306 e. The quantitative estimate of drug-likeness (QED) is 0.0429. The molecule has 0 bridgehead atoms. The minimum Gasteiger partial charge on any atom is -0.462 e. The van der Waals surface area contributed by atoms with E-state index in [2.05, 4.69) is 62.5 Å². The van der Waals surface area contributed by atoms with Crippen LogP contribution in [0.1, 0.15) is 181 Å². The van der Waals surface area contributed by atoms with Crippen molar-refractivity contribution in [3.05, 3.63) is 48.6 Å². The largest absolute Gasteiger partial charge is 0.462 e. The number of allylic oxidation sites excluding steroid dienone is 8. The Balaban J connectivity index is 3.49. The molecule has 46 heavy (non-hydrogen) atoms. The van der Waals surface area contributed by atoms with Gasteiger partial charge in [-0.25, -0.2) is 0 Å². The van der Waals surface area contributed by atoms with Gasteiger partial charge in [0.15, 0.2) is 6.10 Å². The van der Waals surface area contributed by atoms with Crippen LogP contribution in [0.3, 0.4) is 0 Å². The Labute approximate surface area is 284 Å². The molecule has 0 aromatic carbocycles. The molecule has 0 aliphatic rings. The molecule has 266 valence electrons. The molecule has 0 aliphatic carbocycles. The first-order valence-electron chi connectivity index (χ1n) is 19.2. The predicted molar refractivity (Wildman–Crippen MR) is 196 cm³/mol. The third kappa shape index (κ3) is 34.7. The lowest BCUT2D eigenvalue weighted by atomic mass is 10.0. The number of esters is 2. The summed E-state index contributed by atoms with van der Waals surface area (Å²) < 4.78 is 10.5. The van der Waals surface area contributed by atoms with Gasteiger partial charge in [0.25, 0.3) is 0 Å². The number of carbonyl (C=O) groups is 2. The summed E-state index contributed by atoms with van der Waals surface area (Å²) >= 11 is 0. The van der Waals surface area contributed by atoms with Crippen molar-refractivity contribution in [3.63, 3.8) is 0 Å². The lowest BCUT2D eigenvalue weighted by molar-refractivity contribution is -0.161. The van der Waals surface area contributed by atoms with Crippen LogP contribution < -0.4 is 0 Å². The lowest BCUT2D eigenvalue weighted by Gasteiger charge is -2.15. The molecule has 0 aromatic rings. The highest BCUT2D eigenvalue weighted by atomic mass is 16.6. The molecule has 5 nitrogen and oxygen atoms in total. The summed E-state index contributed by atoms with van der Waals surface area (Å²) in [6.45, 7) is 3.97. The summed E-state index contributed by atoms with van der Waals surface area (Å²) in [5.41, 5.74) is 0. The SMILES string of the molecule is CC/C=C\C/C=C\C/C=C\C/C=C\CCCCCCCCCCCCCCC(=O)OC(CO)COC(=O)CCCCCCCCC. The van der Waals surface area contributed by atoms with Crippen molar-refractivity contribution < 1.29 is 24.2 Å². The number of aliphatic hydroxyl groups excluding tert-OH is 1. The van der Waals surface area contributed by atoms with E-state index in [1.807, 2.05) is 0 Å². The van der Waals surface area contributed by atoms with E-state index in [1.54, 1.807) is 0 Å². The number of hydrogen-bond acceptors (Lipinski definition) is 5. The van der Waals surface area contributed by atoms with Gasteiger partial charge in [-0.3, -0.25) is 9.59 Å². The number of hydrogen-bond donors (Lipinski definition) is 1. The van der Waals surface area contributed by atoms with Crippen molar-refractivity contribution in [2.24, 2.45) is 0 Å². The van der Waals surface area contributed by atoms with E-state index in [-0.39, 0.29) is 25.2 Å². The minimum atomic E-state index is -0.768. The number of rotatable bonds is 34. The second-order valence-electron chi connectivity index (χ2n) is 12.6. The van der Waals surface area contributed by atoms with Crippen LogP contribution in [-0.2, 0) is 19.1 Å². The van der Waals surface area contributed by atoms with E-state index < -0.39 is 6.10 Å². The fourth-order valence-corrected chi connectivity index (χ4v) is 5.25. The Bertz CT molecular complexity index is 782. The van der Waals surface area contributed by atoms with E-state index in [0.717, 1.165) is 64.2 Å². The van der Waals surface area contributed by atoms with E-state index in [0.29, 0.717) is 12.8 Å². The van der Waals surface area contributed by atoms with Gasteiger partial charge in [0.1, 0.15) is 6.61 Å². The summed E-state index contributed by atoms with van der Waals surface area (Å²) in [6, 6.07) is 0. The minimum absolute atomic E-state index is 0.0659. The molecule has 1 N–H and O–H groups in total. The van der Waals surface area contributed by atoms with E-state index in [9.17, 15) is 14.7 Å². The smallest absolute Gasteiger partial charge is 0.306 e. The van der Waals surface area contributed by atoms with Crippen LogP contribution in [0, 0.1) is 0 Å². The van der Waals surface area contributed by atoms with Gasteiger partial charge in [0.2, 0.25) is 0 Å². The highest BCUT2D eigenvalue weighted by molar-refractivity contribution is 5.70. The Hall–Kier alpha value is -2.14. The standard InChI is InChI=1S/C41H72O5/c1-3-5-7-9-11-12-13-14-15-16-17-18-19-20-21-22-23-24-25-26-27-28-30-32-34-36-41(44)46-39(37-42)38-45-40(43)35-33-31-29-10-8-6-4-2/h5,7,11-12,14-15,17-18,39,42H,3-4,6,8-10,13,16,19-38H2,1-2H3/b7-5-,12-11-,15-14-,18-17-. The number of aliphatic hydroxyl groups is 1. The van der Waals surface area contributed by atoms with Gasteiger partial charge in [-0.15, -0.1) is 0 Å². The molecule has 0 aliphatic heterocycles. The van der Waals surface area contributed by atoms with Crippen molar-refractivity contribution >= 4 is 11.9 Å². The van der Waals surface area contributed by atoms with Crippen molar-refractivity contribution in [1.29, 1.82) is 0 Å². The highest BCUT2D eigenvalue weighted by Gasteiger charge is 2.16. The first kappa shape index (κ1) is 43.9. The second kappa shape index (κ2) is 37.3. The van der Waals surface area contributed by atoms with Crippen LogP contribution in [0.15, 0.2) is 48.6 Å². The predicted octanol–water partition coefficient (Wildman–Crippen LogP) is 11.8. The molecule has 0 spiro atoms. The molecule has 0 saturated heterocycles. The molecule has 0 amide bonds. The van der Waals surface area contributed by atoms with Crippen LogP contribution >= 0.6 is 0 Å². The Morgan fingerprint density at radius 3 is 1.41 bits per heavy atom. The molecule has 5 heteroatoms. The molecule has 1 atom stereocenters. The third-order valence-electron chi connectivity index (χ3n) is 8.14. The zero-order valence-electron chi connectivity index (χ0n) is 30.1. The summed E-state index contributed by atoms with van der Waals surface area (Å²) in [6.07, 6.45) is 46.2. The Kier molecular flexibility index (Phi) is 35.6. The fourth-order valence-electron chi connectivity index (χ4n) is 5.25. The van der Waals surface area contributed by atoms with Crippen LogP contribution in [0.2, 0.25) is 0 Å². The highest BCUT2D eigenvalue weighted by Crippen LogP contribution is 2.14. The molecular weight excluding hydrogens is 572 g/mol. The van der Waals surface area contributed by atoms with Gasteiger partial charge >= 0.3 is 11.9 Å². The summed E-state index contributed by atoms with van der Waals surface area (Å²) in [5, 5.41) is 9.50. The number of carbonyl (C=O) groups excluding carboxylic acids is 2. The fraction of sp³-hybridized carbons (Fsp3) is 0.756. The van der Waals surface area contributed by atoms with Gasteiger partial charge in [-0.2, -0.15) is 0 Å². The lowest BCUT2D eigenvalue weighted by Crippen LogP contribution is -2.28. The monoisotopic (exact) mass is 645 g/mol. The van der Waals surface area contributed by atoms with Crippen LogP contribution in [0.5, 0.6) is 0 Å². The first-order valence-corrected chi connectivity index (χ1v) is 19.2. The van der Waals surface area contributed by atoms with Crippen molar-refractivity contribution in [3.8, 4) is 0 Å². The molecule has 0 fully saturated rings. The summed E-state index contributed by atoms with van der Waals surface area (Å²) in [7, 11) is 0. The molecule has 0 radical (unpaired) electrons. The van der Waals surface area contributed by atoms with Crippen LogP contribution in [0.4, 0.5) is 0 Å². The number of ether oxygens (including phenoxy) is 2. The van der Waals surface area contributed by atoms with Gasteiger partial charge in [-0.1, -0.05) is 165 Å². The molecular formula is C41H72O5. The van der Waals surface area contributed by atoms with Crippen LogP contribution in [-0.4, -0.2) is 36.4 Å². The molecule has 0 rings (SSSR count). The zero-order chi connectivity index (χ0) is 33.6. The maximum atomic E-state index is 12.1. The van der Waals surface area contributed by atoms with Crippen molar-refractivity contribution in [2.75, 3.05) is 13.2 Å². The Morgan fingerprint density at radius 2 is 0.935 bits per heavy atom. The Morgan fingerprint density at radius 1 is 0.522 bits per heavy atom. The molecule has 0 heterocycles. The third-order valence-corrected chi connectivity index (χ3v) is 8.14. The zero-order valence-corrected chi connectivity index (χ0v) is 30.1. The topological polar surface area (TPSA) is 72.8 Å². The van der Waals surface area contributed by atoms with Gasteiger partial charge in [0.05, 0.1) is 6.61 Å². The van der Waals surface area contributed by atoms with E-state index in [1.165, 1.54) is 89.9 Å². The summed E-state index contributed by atoms with van der Waals surface area (Å²) in [5.74, 6) is -0.600. The second-order valence-corrected chi connectivity index (χ2v) is 12.6. The van der Waals surface area contributed by atoms with E-state index >= 15 is 0 Å². The van der Waals surface area contributed by atoms with Crippen molar-refractivity contribution in [1.82, 2.24) is 0 Å². The number of unbranched alkanes of at least 4 members (excludes halogenated alkanes) is 18. The maximum absolute atomic E-state index is 12.1. The normalized spacial score (nSPS) is 12.7. The van der Waals surface area contributed by atoms with Gasteiger partial charge in [0, 0.05) is 12.8 Å².